The van der Waals surface area contributed by atoms with Crippen molar-refractivity contribution < 1.29 is 22.4 Å². The lowest BCUT2D eigenvalue weighted by Crippen LogP contribution is -2.51. The average Bonchev–Trinajstić information content (AvgIpc) is 2.90. The molecule has 0 radical (unpaired) electrons. The number of carbonyl (C=O) groups excluding carboxylic acids is 2. The number of benzene rings is 3. The molecule has 1 atom stereocenters. The van der Waals surface area contributed by atoms with Crippen molar-refractivity contribution in [3.8, 4) is 0 Å². The highest BCUT2D eigenvalue weighted by Gasteiger charge is 2.33. The number of nitrogens with zero attached hydrogens (tertiary/aromatic N) is 2. The highest BCUT2D eigenvalue weighted by molar-refractivity contribution is 7.92. The lowest BCUT2D eigenvalue weighted by molar-refractivity contribution is -0.139. The summed E-state index contributed by atoms with van der Waals surface area (Å²) < 4.78 is 43.4. The molecule has 0 aliphatic heterocycles. The highest BCUT2D eigenvalue weighted by Crippen LogP contribution is 2.28. The molecule has 208 valence electrons. The monoisotopic (exact) mass is 553 g/mol. The predicted molar refractivity (Wildman–Crippen MR) is 151 cm³/mol. The van der Waals surface area contributed by atoms with E-state index in [1.54, 1.807) is 50.2 Å². The van der Waals surface area contributed by atoms with Crippen LogP contribution in [-0.2, 0) is 26.2 Å². The van der Waals surface area contributed by atoms with Gasteiger partial charge in [0.25, 0.3) is 10.0 Å². The van der Waals surface area contributed by atoms with E-state index in [2.05, 4.69) is 5.32 Å². The van der Waals surface area contributed by atoms with E-state index < -0.39 is 40.2 Å². The van der Waals surface area contributed by atoms with Crippen LogP contribution >= 0.6 is 0 Å². The Morgan fingerprint density at radius 3 is 2.18 bits per heavy atom. The first-order valence-electron chi connectivity index (χ1n) is 12.9. The van der Waals surface area contributed by atoms with E-state index >= 15 is 0 Å². The van der Waals surface area contributed by atoms with Crippen LogP contribution in [0.25, 0.3) is 0 Å². The fraction of sp³-hybridized carbons (Fsp3) is 0.333. The van der Waals surface area contributed by atoms with E-state index in [-0.39, 0.29) is 22.9 Å². The number of carbonyl (C=O) groups is 2. The number of hydrogen-bond donors (Lipinski definition) is 1. The largest absolute Gasteiger partial charge is 0.354 e. The molecule has 39 heavy (non-hydrogen) atoms. The summed E-state index contributed by atoms with van der Waals surface area (Å²) >= 11 is 0. The van der Waals surface area contributed by atoms with Gasteiger partial charge in [-0.05, 0) is 56.5 Å². The Hall–Kier alpha value is -3.72. The fourth-order valence-corrected chi connectivity index (χ4v) is 5.66. The van der Waals surface area contributed by atoms with Crippen LogP contribution in [-0.4, -0.2) is 44.3 Å². The van der Waals surface area contributed by atoms with Crippen molar-refractivity contribution in [2.45, 2.75) is 52.1 Å². The van der Waals surface area contributed by atoms with Crippen LogP contribution < -0.4 is 9.62 Å². The van der Waals surface area contributed by atoms with Gasteiger partial charge in [-0.15, -0.1) is 0 Å². The molecule has 3 rings (SSSR count). The maximum absolute atomic E-state index is 14.6. The van der Waals surface area contributed by atoms with E-state index in [0.717, 1.165) is 9.87 Å². The number of aryl methyl sites for hydroxylation is 2. The minimum absolute atomic E-state index is 0.0288. The number of amides is 2. The van der Waals surface area contributed by atoms with Crippen LogP contribution in [0.4, 0.5) is 10.1 Å². The van der Waals surface area contributed by atoms with Crippen molar-refractivity contribution in [3.63, 3.8) is 0 Å². The second-order valence-corrected chi connectivity index (χ2v) is 11.9. The molecule has 0 aliphatic carbocycles. The number of halogens is 1. The van der Waals surface area contributed by atoms with Crippen molar-refractivity contribution >= 4 is 27.5 Å². The molecule has 0 saturated carbocycles. The number of anilines is 1. The van der Waals surface area contributed by atoms with Crippen molar-refractivity contribution in [2.75, 3.05) is 17.4 Å². The first kappa shape index (κ1) is 29.8. The van der Waals surface area contributed by atoms with Gasteiger partial charge in [0, 0.05) is 18.7 Å². The van der Waals surface area contributed by atoms with Gasteiger partial charge in [-0.3, -0.25) is 13.9 Å². The van der Waals surface area contributed by atoms with Crippen molar-refractivity contribution in [1.29, 1.82) is 0 Å². The van der Waals surface area contributed by atoms with Crippen LogP contribution in [0, 0.1) is 25.6 Å². The third-order valence-electron chi connectivity index (χ3n) is 6.38. The molecular formula is C30H36FN3O4S. The predicted octanol–water partition coefficient (Wildman–Crippen LogP) is 4.83. The average molecular weight is 554 g/mol. The molecule has 9 heteroatoms. The summed E-state index contributed by atoms with van der Waals surface area (Å²) in [6.07, 6.45) is 0. The van der Waals surface area contributed by atoms with Crippen LogP contribution in [0.1, 0.15) is 37.5 Å². The maximum atomic E-state index is 14.6. The molecule has 0 bridgehead atoms. The van der Waals surface area contributed by atoms with Crippen LogP contribution in [0.2, 0.25) is 0 Å². The van der Waals surface area contributed by atoms with Crippen molar-refractivity contribution in [1.82, 2.24) is 10.2 Å². The third kappa shape index (κ3) is 7.44. The Morgan fingerprint density at radius 1 is 0.923 bits per heavy atom. The van der Waals surface area contributed by atoms with E-state index in [0.29, 0.717) is 17.8 Å². The molecule has 1 N–H and O–H groups in total. The molecule has 0 aliphatic rings. The van der Waals surface area contributed by atoms with Crippen molar-refractivity contribution in [3.05, 3.63) is 95.3 Å². The summed E-state index contributed by atoms with van der Waals surface area (Å²) in [5.41, 5.74) is 2.18. The molecule has 3 aromatic rings. The second-order valence-electron chi connectivity index (χ2n) is 10.0. The van der Waals surface area contributed by atoms with Crippen LogP contribution in [0.3, 0.4) is 0 Å². The lowest BCUT2D eigenvalue weighted by Gasteiger charge is -2.32. The molecule has 0 spiro atoms. The Balaban J connectivity index is 2.04. The summed E-state index contributed by atoms with van der Waals surface area (Å²) in [5.74, 6) is -1.37. The summed E-state index contributed by atoms with van der Waals surface area (Å²) in [7, 11) is -4.16. The number of nitrogens with one attached hydrogen (secondary N) is 1. The van der Waals surface area contributed by atoms with Gasteiger partial charge in [0.2, 0.25) is 11.8 Å². The molecule has 3 aromatic carbocycles. The zero-order valence-electron chi connectivity index (χ0n) is 23.0. The molecule has 2 amide bonds. The van der Waals surface area contributed by atoms with Gasteiger partial charge in [-0.25, -0.2) is 12.8 Å². The lowest BCUT2D eigenvalue weighted by atomic mass is 10.1. The molecule has 0 aromatic heterocycles. The Kier molecular flexibility index (Phi) is 9.86. The van der Waals surface area contributed by atoms with Gasteiger partial charge in [-0.1, -0.05) is 67.9 Å². The maximum Gasteiger partial charge on any atom is 0.264 e. The van der Waals surface area contributed by atoms with Gasteiger partial charge in [-0.2, -0.15) is 0 Å². The van der Waals surface area contributed by atoms with Gasteiger partial charge in [0.15, 0.2) is 0 Å². The minimum Gasteiger partial charge on any atom is -0.354 e. The first-order valence-corrected chi connectivity index (χ1v) is 14.3. The second kappa shape index (κ2) is 12.9. The number of sulfonamides is 1. The minimum atomic E-state index is -4.16. The van der Waals surface area contributed by atoms with E-state index in [1.807, 2.05) is 26.8 Å². The summed E-state index contributed by atoms with van der Waals surface area (Å²) in [4.78, 5) is 28.2. The highest BCUT2D eigenvalue weighted by atomic mass is 32.2. The number of rotatable bonds is 11. The smallest absolute Gasteiger partial charge is 0.264 e. The van der Waals surface area contributed by atoms with Gasteiger partial charge >= 0.3 is 0 Å². The molecule has 0 fully saturated rings. The third-order valence-corrected chi connectivity index (χ3v) is 8.16. The normalized spacial score (nSPS) is 12.2. The first-order chi connectivity index (χ1) is 18.4. The molecule has 0 saturated heterocycles. The van der Waals surface area contributed by atoms with E-state index in [9.17, 15) is 22.4 Å². The Bertz CT molecular complexity index is 1410. The summed E-state index contributed by atoms with van der Waals surface area (Å²) in [5, 5.41) is 2.82. The topological polar surface area (TPSA) is 86.8 Å². The zero-order valence-corrected chi connectivity index (χ0v) is 23.8. The molecule has 7 nitrogen and oxygen atoms in total. The molecular weight excluding hydrogens is 517 g/mol. The van der Waals surface area contributed by atoms with Gasteiger partial charge in [0.05, 0.1) is 10.6 Å². The van der Waals surface area contributed by atoms with Crippen LogP contribution in [0.15, 0.2) is 77.7 Å². The zero-order chi connectivity index (χ0) is 28.7. The van der Waals surface area contributed by atoms with E-state index in [4.69, 9.17) is 0 Å². The summed E-state index contributed by atoms with van der Waals surface area (Å²) in [6.45, 7) is 8.76. The standard InChI is InChI=1S/C30H36FN3O4S/c1-21(2)18-32-30(36)24(5)33(19-25-11-9-10-14-27(25)31)29(35)20-34(28-16-15-22(3)17-23(28)4)39(37,38)26-12-7-6-8-13-26/h6-17,21,24H,18-20H2,1-5H3,(H,32,36). The SMILES string of the molecule is Cc1ccc(N(CC(=O)N(Cc2ccccc2F)C(C)C(=O)NCC(C)C)S(=O)(=O)c2ccccc2)c(C)c1. The van der Waals surface area contributed by atoms with E-state index in [1.165, 1.54) is 35.2 Å². The van der Waals surface area contributed by atoms with Crippen molar-refractivity contribution in [2.24, 2.45) is 5.92 Å². The quantitative estimate of drug-likeness (QED) is 0.369. The molecule has 1 unspecified atom stereocenters. The summed E-state index contributed by atoms with van der Waals surface area (Å²) in [6, 6.07) is 18.2. The number of hydrogen-bond acceptors (Lipinski definition) is 4. The fourth-order valence-electron chi connectivity index (χ4n) is 4.16. The van der Waals surface area contributed by atoms with Gasteiger partial charge in [0.1, 0.15) is 18.4 Å². The Morgan fingerprint density at radius 2 is 1.56 bits per heavy atom. The molecule has 0 heterocycles. The van der Waals surface area contributed by atoms with Crippen LogP contribution in [0.5, 0.6) is 0 Å². The van der Waals surface area contributed by atoms with Gasteiger partial charge < -0.3 is 10.2 Å². The Labute approximate surface area is 230 Å².